The third-order valence-corrected chi connectivity index (χ3v) is 3.60. The van der Waals surface area contributed by atoms with Crippen molar-refractivity contribution in [2.45, 2.75) is 18.8 Å². The van der Waals surface area contributed by atoms with E-state index in [0.29, 0.717) is 6.54 Å². The smallest absolute Gasteiger partial charge is 0.261 e. The first kappa shape index (κ1) is 12.2. The predicted octanol–water partition coefficient (Wildman–Crippen LogP) is 3.17. The van der Waals surface area contributed by atoms with Gasteiger partial charge in [0.25, 0.3) is 5.92 Å². The highest BCUT2D eigenvalue weighted by Gasteiger charge is 2.37. The molecule has 1 aromatic carbocycles. The van der Waals surface area contributed by atoms with Gasteiger partial charge in [-0.15, -0.1) is 0 Å². The topological polar surface area (TPSA) is 3.24 Å². The van der Waals surface area contributed by atoms with E-state index in [2.05, 4.69) is 46.9 Å². The van der Waals surface area contributed by atoms with Gasteiger partial charge in [0.05, 0.1) is 6.54 Å². The summed E-state index contributed by atoms with van der Waals surface area (Å²) in [5.41, 5.74) is 1.22. The Morgan fingerprint density at radius 2 is 1.94 bits per heavy atom. The van der Waals surface area contributed by atoms with E-state index < -0.39 is 5.92 Å². The molecule has 0 aromatic heterocycles. The third kappa shape index (κ3) is 3.38. The summed E-state index contributed by atoms with van der Waals surface area (Å²) in [7, 11) is 0. The molecule has 0 atom stereocenters. The first-order valence-electron chi connectivity index (χ1n) is 5.40. The summed E-state index contributed by atoms with van der Waals surface area (Å²) in [5.74, 6) is -2.47. The number of hydrogen-bond donors (Lipinski definition) is 0. The Kier molecular flexibility index (Phi) is 3.79. The van der Waals surface area contributed by atoms with E-state index in [9.17, 15) is 8.78 Å². The van der Waals surface area contributed by atoms with E-state index in [1.54, 1.807) is 0 Å². The lowest BCUT2D eigenvalue weighted by molar-refractivity contribution is 0.0123. The molecule has 0 unspecified atom stereocenters. The van der Waals surface area contributed by atoms with Crippen LogP contribution in [0.1, 0.15) is 12.0 Å². The van der Waals surface area contributed by atoms with Crippen molar-refractivity contribution in [3.05, 3.63) is 33.4 Å². The fourth-order valence-corrected chi connectivity index (χ4v) is 2.30. The minimum absolute atomic E-state index is 0.0136. The van der Waals surface area contributed by atoms with Gasteiger partial charge in [0.2, 0.25) is 0 Å². The van der Waals surface area contributed by atoms with Crippen LogP contribution in [0.15, 0.2) is 24.3 Å². The fraction of sp³-hybridized carbons (Fsp3) is 0.500. The SMILES string of the molecule is FC1(F)CCN(CCc2ccc(I)cc2)C1. The molecule has 16 heavy (non-hydrogen) atoms. The maximum atomic E-state index is 12.9. The molecule has 1 heterocycles. The number of benzene rings is 1. The molecule has 0 spiro atoms. The average Bonchev–Trinajstić information content (AvgIpc) is 2.58. The molecule has 0 radical (unpaired) electrons. The molecule has 1 aromatic rings. The number of halogens is 3. The van der Waals surface area contributed by atoms with E-state index in [1.165, 1.54) is 9.13 Å². The Morgan fingerprint density at radius 3 is 2.50 bits per heavy atom. The molecular weight excluding hydrogens is 323 g/mol. The maximum absolute atomic E-state index is 12.9. The second-order valence-corrected chi connectivity index (χ2v) is 5.50. The second-order valence-electron chi connectivity index (χ2n) is 4.26. The van der Waals surface area contributed by atoms with Gasteiger partial charge in [-0.1, -0.05) is 12.1 Å². The lowest BCUT2D eigenvalue weighted by Crippen LogP contribution is -2.27. The molecule has 2 rings (SSSR count). The Balaban J connectivity index is 1.82. The van der Waals surface area contributed by atoms with Gasteiger partial charge in [0, 0.05) is 23.1 Å². The van der Waals surface area contributed by atoms with E-state index >= 15 is 0 Å². The molecule has 0 bridgehead atoms. The normalized spacial score (nSPS) is 20.2. The zero-order chi connectivity index (χ0) is 11.6. The van der Waals surface area contributed by atoms with Crippen molar-refractivity contribution >= 4 is 22.6 Å². The van der Waals surface area contributed by atoms with Crippen LogP contribution >= 0.6 is 22.6 Å². The van der Waals surface area contributed by atoms with E-state index in [4.69, 9.17) is 0 Å². The van der Waals surface area contributed by atoms with Gasteiger partial charge in [-0.3, -0.25) is 4.90 Å². The Hall–Kier alpha value is -0.230. The molecule has 1 nitrogen and oxygen atoms in total. The number of hydrogen-bond acceptors (Lipinski definition) is 1. The highest BCUT2D eigenvalue weighted by Crippen LogP contribution is 2.26. The summed E-state index contributed by atoms with van der Waals surface area (Å²) >= 11 is 2.26. The van der Waals surface area contributed by atoms with Crippen molar-refractivity contribution in [2.24, 2.45) is 0 Å². The summed E-state index contributed by atoms with van der Waals surface area (Å²) in [4.78, 5) is 1.85. The van der Waals surface area contributed by atoms with Crippen LogP contribution in [0, 0.1) is 3.57 Å². The van der Waals surface area contributed by atoms with Crippen LogP contribution in [0.3, 0.4) is 0 Å². The van der Waals surface area contributed by atoms with Gasteiger partial charge < -0.3 is 0 Å². The van der Waals surface area contributed by atoms with Crippen LogP contribution in [-0.2, 0) is 6.42 Å². The molecule has 0 saturated carbocycles. The summed E-state index contributed by atoms with van der Waals surface area (Å²) in [6.07, 6.45) is 0.868. The van der Waals surface area contributed by atoms with Crippen LogP contribution in [0.2, 0.25) is 0 Å². The molecule has 0 aliphatic carbocycles. The van der Waals surface area contributed by atoms with E-state index in [1.807, 2.05) is 4.90 Å². The van der Waals surface area contributed by atoms with Crippen molar-refractivity contribution in [1.82, 2.24) is 4.90 Å². The van der Waals surface area contributed by atoms with Gasteiger partial charge in [-0.05, 0) is 46.7 Å². The summed E-state index contributed by atoms with van der Waals surface area (Å²) < 4.78 is 27.1. The molecule has 1 aliphatic heterocycles. The van der Waals surface area contributed by atoms with Crippen LogP contribution in [0.4, 0.5) is 8.78 Å². The zero-order valence-electron chi connectivity index (χ0n) is 8.93. The highest BCUT2D eigenvalue weighted by atomic mass is 127. The molecular formula is C12H14F2IN. The summed E-state index contributed by atoms with van der Waals surface area (Å²) in [6.45, 7) is 1.19. The molecule has 1 saturated heterocycles. The lowest BCUT2D eigenvalue weighted by atomic mass is 10.1. The van der Waals surface area contributed by atoms with Gasteiger partial charge in [-0.2, -0.15) is 0 Å². The Bertz CT molecular complexity index is 351. The summed E-state index contributed by atoms with van der Waals surface area (Å²) in [5, 5.41) is 0. The number of rotatable bonds is 3. The first-order valence-corrected chi connectivity index (χ1v) is 6.48. The van der Waals surface area contributed by atoms with Crippen LogP contribution in [-0.4, -0.2) is 30.5 Å². The lowest BCUT2D eigenvalue weighted by Gasteiger charge is -2.15. The molecule has 0 N–H and O–H groups in total. The first-order chi connectivity index (χ1) is 7.55. The van der Waals surface area contributed by atoms with Gasteiger partial charge >= 0.3 is 0 Å². The quantitative estimate of drug-likeness (QED) is 0.766. The minimum Gasteiger partial charge on any atom is -0.297 e. The zero-order valence-corrected chi connectivity index (χ0v) is 11.1. The van der Waals surface area contributed by atoms with Crippen molar-refractivity contribution in [2.75, 3.05) is 19.6 Å². The molecule has 1 fully saturated rings. The van der Waals surface area contributed by atoms with Crippen LogP contribution in [0.5, 0.6) is 0 Å². The largest absolute Gasteiger partial charge is 0.297 e. The monoisotopic (exact) mass is 337 g/mol. The van der Waals surface area contributed by atoms with Gasteiger partial charge in [-0.25, -0.2) is 8.78 Å². The van der Waals surface area contributed by atoms with Crippen LogP contribution < -0.4 is 0 Å². The maximum Gasteiger partial charge on any atom is 0.261 e. The Labute approximate surface area is 108 Å². The van der Waals surface area contributed by atoms with E-state index in [0.717, 1.165) is 13.0 Å². The molecule has 4 heteroatoms. The predicted molar refractivity (Wildman–Crippen MR) is 68.9 cm³/mol. The molecule has 88 valence electrons. The van der Waals surface area contributed by atoms with E-state index in [-0.39, 0.29) is 13.0 Å². The van der Waals surface area contributed by atoms with Crippen molar-refractivity contribution in [1.29, 1.82) is 0 Å². The third-order valence-electron chi connectivity index (χ3n) is 2.88. The van der Waals surface area contributed by atoms with Crippen molar-refractivity contribution < 1.29 is 8.78 Å². The average molecular weight is 337 g/mol. The number of alkyl halides is 2. The fourth-order valence-electron chi connectivity index (χ4n) is 1.94. The Morgan fingerprint density at radius 1 is 1.25 bits per heavy atom. The second kappa shape index (κ2) is 4.96. The molecule has 0 amide bonds. The number of likely N-dealkylation sites (tertiary alicyclic amines) is 1. The van der Waals surface area contributed by atoms with Crippen molar-refractivity contribution in [3.63, 3.8) is 0 Å². The standard InChI is InChI=1S/C12H14F2IN/c13-12(14)6-8-16(9-12)7-5-10-1-3-11(15)4-2-10/h1-4H,5-9H2. The summed E-state index contributed by atoms with van der Waals surface area (Å²) in [6, 6.07) is 8.23. The van der Waals surface area contributed by atoms with Gasteiger partial charge in [0.15, 0.2) is 0 Å². The number of nitrogens with zero attached hydrogens (tertiary/aromatic N) is 1. The highest BCUT2D eigenvalue weighted by molar-refractivity contribution is 14.1. The van der Waals surface area contributed by atoms with Gasteiger partial charge in [0.1, 0.15) is 0 Å². The van der Waals surface area contributed by atoms with Crippen molar-refractivity contribution in [3.8, 4) is 0 Å². The minimum atomic E-state index is -2.47. The molecule has 1 aliphatic rings. The van der Waals surface area contributed by atoms with Crippen LogP contribution in [0.25, 0.3) is 0 Å².